The van der Waals surface area contributed by atoms with Crippen LogP contribution in [0.25, 0.3) is 0 Å². The average molecular weight is 322 g/mol. The third-order valence-corrected chi connectivity index (χ3v) is 4.50. The number of hydrogen-bond donors (Lipinski definition) is 1. The van der Waals surface area contributed by atoms with Crippen LogP contribution in [0.3, 0.4) is 0 Å². The summed E-state index contributed by atoms with van der Waals surface area (Å²) < 4.78 is 5.64. The van der Waals surface area contributed by atoms with E-state index in [4.69, 9.17) is 4.74 Å². The Morgan fingerprint density at radius 2 is 2.14 bits per heavy atom. The highest BCUT2D eigenvalue weighted by Crippen LogP contribution is 2.19. The summed E-state index contributed by atoms with van der Waals surface area (Å²) in [6, 6.07) is 7.71. The second-order valence-electron chi connectivity index (χ2n) is 4.50. The van der Waals surface area contributed by atoms with E-state index in [-0.39, 0.29) is 5.91 Å². The highest BCUT2D eigenvalue weighted by molar-refractivity contribution is 7.98. The molecule has 2 aromatic rings. The molecule has 21 heavy (non-hydrogen) atoms. The monoisotopic (exact) mass is 322 g/mol. The van der Waals surface area contributed by atoms with Crippen molar-refractivity contribution in [3.05, 3.63) is 40.3 Å². The fraction of sp³-hybridized carbons (Fsp3) is 0.333. The standard InChI is InChI=1S/C15H18N2O2S2/c1-10(19-12-4-6-13(20-3)7-5-12)15(18)17-9-14-8-16-11(2)21-14/h4-8,10H,9H2,1-3H3,(H,17,18)/t10-/m1/s1. The molecule has 0 radical (unpaired) electrons. The van der Waals surface area contributed by atoms with Crippen LogP contribution >= 0.6 is 23.1 Å². The van der Waals surface area contributed by atoms with Crippen molar-refractivity contribution in [3.63, 3.8) is 0 Å². The first-order chi connectivity index (χ1) is 10.1. The fourth-order valence-corrected chi connectivity index (χ4v) is 2.86. The van der Waals surface area contributed by atoms with E-state index in [1.54, 1.807) is 36.2 Å². The molecule has 1 aromatic heterocycles. The SMILES string of the molecule is CSc1ccc(O[C@H](C)C(=O)NCc2cnc(C)s2)cc1. The van der Waals surface area contributed by atoms with Crippen LogP contribution < -0.4 is 10.1 Å². The van der Waals surface area contributed by atoms with Gasteiger partial charge in [0.2, 0.25) is 0 Å². The van der Waals surface area contributed by atoms with Crippen LogP contribution in [0.2, 0.25) is 0 Å². The van der Waals surface area contributed by atoms with E-state index in [1.165, 1.54) is 4.90 Å². The summed E-state index contributed by atoms with van der Waals surface area (Å²) in [4.78, 5) is 18.4. The molecule has 1 amide bonds. The van der Waals surface area contributed by atoms with Crippen LogP contribution in [0, 0.1) is 6.92 Å². The highest BCUT2D eigenvalue weighted by Gasteiger charge is 2.14. The van der Waals surface area contributed by atoms with Gasteiger partial charge in [0.1, 0.15) is 5.75 Å². The van der Waals surface area contributed by atoms with Crippen molar-refractivity contribution in [2.75, 3.05) is 6.26 Å². The van der Waals surface area contributed by atoms with E-state index in [9.17, 15) is 4.79 Å². The second kappa shape index (κ2) is 7.47. The summed E-state index contributed by atoms with van der Waals surface area (Å²) in [5.41, 5.74) is 0. The molecule has 0 aliphatic heterocycles. The molecule has 1 aromatic carbocycles. The molecule has 1 heterocycles. The first-order valence-electron chi connectivity index (χ1n) is 6.58. The van der Waals surface area contributed by atoms with E-state index in [0.29, 0.717) is 12.3 Å². The maximum Gasteiger partial charge on any atom is 0.261 e. The van der Waals surface area contributed by atoms with E-state index in [0.717, 1.165) is 9.88 Å². The molecular weight excluding hydrogens is 304 g/mol. The maximum atomic E-state index is 12.0. The Morgan fingerprint density at radius 3 is 2.71 bits per heavy atom. The van der Waals surface area contributed by atoms with Gasteiger partial charge >= 0.3 is 0 Å². The minimum absolute atomic E-state index is 0.130. The zero-order valence-electron chi connectivity index (χ0n) is 12.3. The van der Waals surface area contributed by atoms with Gasteiger partial charge in [-0.25, -0.2) is 4.98 Å². The van der Waals surface area contributed by atoms with Crippen molar-refractivity contribution >= 4 is 29.0 Å². The summed E-state index contributed by atoms with van der Waals surface area (Å²) >= 11 is 3.25. The molecule has 0 aliphatic carbocycles. The third kappa shape index (κ3) is 4.75. The Balaban J connectivity index is 1.83. The number of hydrogen-bond acceptors (Lipinski definition) is 5. The lowest BCUT2D eigenvalue weighted by molar-refractivity contribution is -0.127. The summed E-state index contributed by atoms with van der Waals surface area (Å²) in [7, 11) is 0. The van der Waals surface area contributed by atoms with Gasteiger partial charge in [-0.1, -0.05) is 0 Å². The van der Waals surface area contributed by atoms with Crippen molar-refractivity contribution < 1.29 is 9.53 Å². The van der Waals surface area contributed by atoms with Crippen LogP contribution in [-0.2, 0) is 11.3 Å². The molecule has 1 N–H and O–H groups in total. The number of nitrogens with zero attached hydrogens (tertiary/aromatic N) is 1. The number of benzene rings is 1. The Kier molecular flexibility index (Phi) is 5.64. The number of thiazole rings is 1. The van der Waals surface area contributed by atoms with Crippen LogP contribution in [0.15, 0.2) is 35.4 Å². The van der Waals surface area contributed by atoms with Gasteiger partial charge in [0.05, 0.1) is 11.6 Å². The van der Waals surface area contributed by atoms with E-state index in [2.05, 4.69) is 10.3 Å². The third-order valence-electron chi connectivity index (χ3n) is 2.85. The molecule has 0 bridgehead atoms. The van der Waals surface area contributed by atoms with E-state index >= 15 is 0 Å². The minimum atomic E-state index is -0.529. The van der Waals surface area contributed by atoms with Crippen molar-refractivity contribution in [3.8, 4) is 5.75 Å². The predicted octanol–water partition coefficient (Wildman–Crippen LogP) is 3.26. The molecular formula is C15H18N2O2S2. The lowest BCUT2D eigenvalue weighted by Crippen LogP contribution is -2.35. The Labute approximate surface area is 132 Å². The largest absolute Gasteiger partial charge is 0.481 e. The van der Waals surface area contributed by atoms with E-state index in [1.807, 2.05) is 37.4 Å². The van der Waals surface area contributed by atoms with Gasteiger partial charge in [0.25, 0.3) is 5.91 Å². The molecule has 0 spiro atoms. The molecule has 112 valence electrons. The maximum absolute atomic E-state index is 12.0. The van der Waals surface area contributed by atoms with Gasteiger partial charge < -0.3 is 10.1 Å². The summed E-state index contributed by atoms with van der Waals surface area (Å²) in [6.45, 7) is 4.18. The lowest BCUT2D eigenvalue weighted by atomic mass is 10.3. The molecule has 1 atom stereocenters. The number of aromatic nitrogens is 1. The number of carbonyl (C=O) groups is 1. The Hall–Kier alpha value is -1.53. The van der Waals surface area contributed by atoms with Crippen LogP contribution in [0.5, 0.6) is 5.75 Å². The van der Waals surface area contributed by atoms with Gasteiger partial charge in [0.15, 0.2) is 6.10 Å². The first-order valence-corrected chi connectivity index (χ1v) is 8.62. The van der Waals surface area contributed by atoms with Gasteiger partial charge in [-0.15, -0.1) is 23.1 Å². The molecule has 0 saturated carbocycles. The Bertz CT molecular complexity index is 596. The summed E-state index contributed by atoms with van der Waals surface area (Å²) in [6.07, 6.45) is 3.28. The molecule has 2 rings (SSSR count). The molecule has 0 unspecified atom stereocenters. The fourth-order valence-electron chi connectivity index (χ4n) is 1.72. The van der Waals surface area contributed by atoms with Crippen molar-refractivity contribution in [2.24, 2.45) is 0 Å². The summed E-state index contributed by atoms with van der Waals surface area (Å²) in [5.74, 6) is 0.569. The number of ether oxygens (including phenoxy) is 1. The van der Waals surface area contributed by atoms with Crippen molar-refractivity contribution in [1.82, 2.24) is 10.3 Å². The number of carbonyl (C=O) groups excluding carboxylic acids is 1. The number of rotatable bonds is 6. The first kappa shape index (κ1) is 15.9. The normalized spacial score (nSPS) is 12.0. The van der Waals surface area contributed by atoms with Crippen LogP contribution in [0.1, 0.15) is 16.8 Å². The quantitative estimate of drug-likeness (QED) is 0.830. The summed E-state index contributed by atoms with van der Waals surface area (Å²) in [5, 5.41) is 3.85. The van der Waals surface area contributed by atoms with Crippen molar-refractivity contribution in [1.29, 1.82) is 0 Å². The molecule has 0 fully saturated rings. The smallest absolute Gasteiger partial charge is 0.261 e. The molecule has 0 aliphatic rings. The minimum Gasteiger partial charge on any atom is -0.481 e. The number of nitrogens with one attached hydrogen (secondary N) is 1. The van der Waals surface area contributed by atoms with Gasteiger partial charge in [-0.3, -0.25) is 4.79 Å². The second-order valence-corrected chi connectivity index (χ2v) is 6.70. The highest BCUT2D eigenvalue weighted by atomic mass is 32.2. The van der Waals surface area contributed by atoms with E-state index < -0.39 is 6.10 Å². The molecule has 0 saturated heterocycles. The zero-order chi connectivity index (χ0) is 15.2. The molecule has 6 heteroatoms. The van der Waals surface area contributed by atoms with Gasteiger partial charge in [0, 0.05) is 16.0 Å². The Morgan fingerprint density at radius 1 is 1.43 bits per heavy atom. The lowest BCUT2D eigenvalue weighted by Gasteiger charge is -2.14. The van der Waals surface area contributed by atoms with Crippen LogP contribution in [-0.4, -0.2) is 23.3 Å². The van der Waals surface area contributed by atoms with Gasteiger partial charge in [-0.05, 0) is 44.4 Å². The molecule has 4 nitrogen and oxygen atoms in total. The average Bonchev–Trinajstić information content (AvgIpc) is 2.91. The number of amides is 1. The predicted molar refractivity (Wildman–Crippen MR) is 87.0 cm³/mol. The number of thioether (sulfide) groups is 1. The van der Waals surface area contributed by atoms with Gasteiger partial charge in [-0.2, -0.15) is 0 Å². The van der Waals surface area contributed by atoms with Crippen LogP contribution in [0.4, 0.5) is 0 Å². The number of aryl methyl sites for hydroxylation is 1. The topological polar surface area (TPSA) is 51.2 Å². The van der Waals surface area contributed by atoms with Crippen molar-refractivity contribution in [2.45, 2.75) is 31.4 Å². The zero-order valence-corrected chi connectivity index (χ0v) is 13.9.